The normalized spacial score (nSPS) is 15.0. The molecule has 0 saturated heterocycles. The summed E-state index contributed by atoms with van der Waals surface area (Å²) in [7, 11) is -0.435. The van der Waals surface area contributed by atoms with E-state index in [9.17, 15) is 17.4 Å². The Morgan fingerprint density at radius 3 is 2.00 bits per heavy atom. The van der Waals surface area contributed by atoms with Gasteiger partial charge in [-0.1, -0.05) is 18.2 Å². The highest BCUT2D eigenvalue weighted by Crippen LogP contribution is 2.30. The molecule has 1 rings (SSSR count). The van der Waals surface area contributed by atoms with Gasteiger partial charge in [-0.2, -0.15) is 17.4 Å². The number of nitrogens with zero attached hydrogens (tertiary/aromatic N) is 1. The fourth-order valence-electron chi connectivity index (χ4n) is 1.14. The summed E-state index contributed by atoms with van der Waals surface area (Å²) >= 11 is 0. The van der Waals surface area contributed by atoms with Crippen molar-refractivity contribution in [3.8, 4) is 0 Å². The van der Waals surface area contributed by atoms with E-state index in [1.807, 2.05) is 0 Å². The Bertz CT molecular complexity index is 361. The molecule has 0 amide bonds. The maximum atomic E-state index is 12.3. The number of halogens is 3. The lowest BCUT2D eigenvalue weighted by Gasteiger charge is -2.26. The third-order valence-corrected chi connectivity index (χ3v) is 3.43. The van der Waals surface area contributed by atoms with Crippen LogP contribution >= 0.6 is 0 Å². The van der Waals surface area contributed by atoms with Crippen molar-refractivity contribution in [3.63, 3.8) is 0 Å². The first-order chi connectivity index (χ1) is 6.76. The zero-order chi connectivity index (χ0) is 11.7. The predicted molar refractivity (Wildman–Crippen MR) is 54.3 cm³/mol. The lowest BCUT2D eigenvalue weighted by Crippen LogP contribution is -2.48. The molecule has 0 aromatic heterocycles. The minimum absolute atomic E-state index is 0.355. The van der Waals surface area contributed by atoms with Crippen molar-refractivity contribution in [2.75, 3.05) is 14.1 Å². The molecule has 0 aliphatic rings. The summed E-state index contributed by atoms with van der Waals surface area (Å²) in [6.45, 7) is 0. The highest BCUT2D eigenvalue weighted by atomic mass is 32.2. The Morgan fingerprint density at radius 1 is 1.13 bits per heavy atom. The van der Waals surface area contributed by atoms with Gasteiger partial charge < -0.3 is 0 Å². The molecule has 15 heavy (non-hydrogen) atoms. The summed E-state index contributed by atoms with van der Waals surface area (Å²) in [5, 5.41) is 0. The van der Waals surface area contributed by atoms with Crippen LogP contribution in [0.5, 0.6) is 0 Å². The Morgan fingerprint density at radius 2 is 1.60 bits per heavy atom. The van der Waals surface area contributed by atoms with Crippen LogP contribution < -0.4 is 3.89 Å². The Labute approximate surface area is 88.5 Å². The number of benzene rings is 1. The fraction of sp³-hybridized carbons (Fsp3) is 0.333. The van der Waals surface area contributed by atoms with Crippen molar-refractivity contribution < 1.29 is 17.4 Å². The minimum Gasteiger partial charge on any atom is -0.204 e. The van der Waals surface area contributed by atoms with Crippen LogP contribution in [0.15, 0.2) is 30.3 Å². The molecule has 0 radical (unpaired) electrons. The zero-order valence-corrected chi connectivity index (χ0v) is 9.10. The molecule has 0 heterocycles. The first-order valence-corrected chi connectivity index (χ1v) is 5.26. The largest absolute Gasteiger partial charge is 0.524 e. The third-order valence-electron chi connectivity index (χ3n) is 1.99. The number of hydrogen-bond donors (Lipinski definition) is 0. The molecule has 0 bridgehead atoms. The Kier molecular flexibility index (Phi) is 3.20. The summed E-state index contributed by atoms with van der Waals surface area (Å²) < 4.78 is 47.5. The molecule has 0 aliphatic carbocycles. The third kappa shape index (κ3) is 2.57. The maximum Gasteiger partial charge on any atom is 0.524 e. The summed E-state index contributed by atoms with van der Waals surface area (Å²) in [5.74, 6) is 0. The van der Waals surface area contributed by atoms with Crippen LogP contribution in [-0.2, 0) is 11.0 Å². The summed E-state index contributed by atoms with van der Waals surface area (Å²) in [6, 6.07) is 7.96. The lowest BCUT2D eigenvalue weighted by atomic mass is 10.3. The summed E-state index contributed by atoms with van der Waals surface area (Å²) in [4.78, 5) is 0. The number of alkyl halides is 3. The molecular formula is C9H11F3NOS+. The van der Waals surface area contributed by atoms with Gasteiger partial charge in [-0.05, 0) is 0 Å². The molecule has 6 heteroatoms. The van der Waals surface area contributed by atoms with E-state index in [4.69, 9.17) is 0 Å². The summed E-state index contributed by atoms with van der Waals surface area (Å²) in [5.41, 5.74) is -4.35. The first kappa shape index (κ1) is 12.2. The van der Waals surface area contributed by atoms with Crippen LogP contribution in [-0.4, -0.2) is 23.8 Å². The maximum absolute atomic E-state index is 12.3. The summed E-state index contributed by atoms with van der Waals surface area (Å²) in [6.07, 6.45) is 0. The molecular weight excluding hydrogens is 227 g/mol. The molecule has 1 aromatic carbocycles. The second-order valence-electron chi connectivity index (χ2n) is 3.38. The van der Waals surface area contributed by atoms with Gasteiger partial charge >= 0.3 is 16.5 Å². The highest BCUT2D eigenvalue weighted by Gasteiger charge is 2.50. The molecule has 0 N–H and O–H groups in total. The second-order valence-corrected chi connectivity index (χ2v) is 5.26. The zero-order valence-electron chi connectivity index (χ0n) is 8.28. The van der Waals surface area contributed by atoms with Crippen LogP contribution in [0, 0.1) is 0 Å². The van der Waals surface area contributed by atoms with Crippen molar-refractivity contribution in [1.82, 2.24) is 3.89 Å². The molecule has 1 unspecified atom stereocenters. The van der Waals surface area contributed by atoms with Gasteiger partial charge in [0.2, 0.25) is 0 Å². The number of quaternary nitrogens is 1. The Hall–Kier alpha value is -0.880. The second kappa shape index (κ2) is 3.94. The van der Waals surface area contributed by atoms with E-state index in [1.165, 1.54) is 26.2 Å². The van der Waals surface area contributed by atoms with E-state index in [1.54, 1.807) is 18.2 Å². The van der Waals surface area contributed by atoms with Gasteiger partial charge in [0, 0.05) is 12.1 Å². The number of para-hydroxylation sites is 1. The van der Waals surface area contributed by atoms with Crippen LogP contribution in [0.1, 0.15) is 0 Å². The van der Waals surface area contributed by atoms with Crippen molar-refractivity contribution in [2.24, 2.45) is 0 Å². The molecule has 0 fully saturated rings. The van der Waals surface area contributed by atoms with Crippen molar-refractivity contribution in [3.05, 3.63) is 30.3 Å². The Balaban J connectivity index is 3.09. The molecule has 0 aliphatic heterocycles. The van der Waals surface area contributed by atoms with Crippen molar-refractivity contribution in [1.29, 1.82) is 0 Å². The molecule has 0 saturated carbocycles. The molecule has 2 nitrogen and oxygen atoms in total. The average molecular weight is 238 g/mol. The van der Waals surface area contributed by atoms with Gasteiger partial charge in [0.25, 0.3) is 0 Å². The van der Waals surface area contributed by atoms with E-state index in [2.05, 4.69) is 0 Å². The van der Waals surface area contributed by atoms with Crippen LogP contribution in [0.4, 0.5) is 18.9 Å². The standard InChI is InChI=1S/C9H11F3NOS/c1-13(2,15(14)9(10,11)12)8-6-4-3-5-7-8/h3-7H,1-2H3/q+1. The van der Waals surface area contributed by atoms with Crippen LogP contribution in [0.2, 0.25) is 0 Å². The van der Waals surface area contributed by atoms with E-state index < -0.39 is 20.4 Å². The van der Waals surface area contributed by atoms with E-state index in [0.29, 0.717) is 5.69 Å². The molecule has 84 valence electrons. The monoisotopic (exact) mass is 238 g/mol. The van der Waals surface area contributed by atoms with Crippen LogP contribution in [0.25, 0.3) is 0 Å². The number of rotatable bonds is 2. The van der Waals surface area contributed by atoms with Gasteiger partial charge in [0.15, 0.2) is 0 Å². The molecule has 1 aromatic rings. The van der Waals surface area contributed by atoms with E-state index in [-0.39, 0.29) is 0 Å². The van der Waals surface area contributed by atoms with Gasteiger partial charge in [0.1, 0.15) is 5.69 Å². The van der Waals surface area contributed by atoms with Gasteiger partial charge in [-0.25, -0.2) is 3.89 Å². The number of hydrogen-bond acceptors (Lipinski definition) is 1. The first-order valence-electron chi connectivity index (χ1n) is 4.15. The van der Waals surface area contributed by atoms with E-state index in [0.717, 1.165) is 0 Å². The minimum atomic E-state index is -4.71. The van der Waals surface area contributed by atoms with E-state index >= 15 is 0 Å². The highest BCUT2D eigenvalue weighted by molar-refractivity contribution is 7.85. The quantitative estimate of drug-likeness (QED) is 0.723. The SMILES string of the molecule is C[N+](C)(c1ccccc1)S(=O)C(F)(F)F. The fourth-order valence-corrected chi connectivity index (χ4v) is 1.97. The van der Waals surface area contributed by atoms with Gasteiger partial charge in [0.05, 0.1) is 14.1 Å². The molecule has 1 atom stereocenters. The van der Waals surface area contributed by atoms with Crippen LogP contribution in [0.3, 0.4) is 0 Å². The lowest BCUT2D eigenvalue weighted by molar-refractivity contribution is -0.0416. The van der Waals surface area contributed by atoms with Gasteiger partial charge in [-0.15, -0.1) is 0 Å². The predicted octanol–water partition coefficient (Wildman–Crippen LogP) is 2.44. The van der Waals surface area contributed by atoms with Gasteiger partial charge in [-0.3, -0.25) is 0 Å². The molecule has 0 spiro atoms. The smallest absolute Gasteiger partial charge is 0.204 e. The van der Waals surface area contributed by atoms with Crippen molar-refractivity contribution in [2.45, 2.75) is 5.51 Å². The van der Waals surface area contributed by atoms with Crippen molar-refractivity contribution >= 4 is 16.7 Å². The average Bonchev–Trinajstić information content (AvgIpc) is 2.16. The topological polar surface area (TPSA) is 17.1 Å².